The number of hydrogen-bond acceptors (Lipinski definition) is 6. The molecule has 1 N–H and O–H groups in total. The Bertz CT molecular complexity index is 1050. The summed E-state index contributed by atoms with van der Waals surface area (Å²) in [5.41, 5.74) is -0.00699. The van der Waals surface area contributed by atoms with E-state index < -0.39 is 17.5 Å². The summed E-state index contributed by atoms with van der Waals surface area (Å²) in [4.78, 5) is 24.9. The number of aromatic nitrogens is 3. The van der Waals surface area contributed by atoms with E-state index in [0.717, 1.165) is 25.0 Å². The zero-order valence-corrected chi connectivity index (χ0v) is 16.6. The molecule has 0 unspecified atom stereocenters. The lowest BCUT2D eigenvalue weighted by molar-refractivity contribution is 0.0491. The molecule has 0 spiro atoms. The summed E-state index contributed by atoms with van der Waals surface area (Å²) < 4.78 is 39.3. The van der Waals surface area contributed by atoms with Gasteiger partial charge in [0.1, 0.15) is 29.3 Å². The summed E-state index contributed by atoms with van der Waals surface area (Å²) in [7, 11) is 0. The van der Waals surface area contributed by atoms with Crippen molar-refractivity contribution in [3.05, 3.63) is 66.3 Å². The molecule has 1 saturated heterocycles. The van der Waals surface area contributed by atoms with Crippen LogP contribution in [0.2, 0.25) is 0 Å². The predicted octanol–water partition coefficient (Wildman–Crippen LogP) is 3.87. The first-order valence-corrected chi connectivity index (χ1v) is 9.85. The maximum atomic E-state index is 14.1. The van der Waals surface area contributed by atoms with Gasteiger partial charge in [-0.15, -0.1) is 0 Å². The molecule has 9 heteroatoms. The van der Waals surface area contributed by atoms with Gasteiger partial charge in [-0.25, -0.2) is 18.7 Å². The topological polar surface area (TPSA) is 86.2 Å². The van der Waals surface area contributed by atoms with E-state index in [1.165, 1.54) is 36.8 Å². The Morgan fingerprint density at radius 1 is 1.13 bits per heavy atom. The highest BCUT2D eigenvalue weighted by atomic mass is 19.1. The molecule has 3 aromatic rings. The van der Waals surface area contributed by atoms with Gasteiger partial charge in [-0.2, -0.15) is 4.98 Å². The molecule has 1 aliphatic rings. The van der Waals surface area contributed by atoms with Crippen molar-refractivity contribution < 1.29 is 23.0 Å². The number of amides is 1. The molecule has 0 bridgehead atoms. The zero-order valence-electron chi connectivity index (χ0n) is 16.6. The summed E-state index contributed by atoms with van der Waals surface area (Å²) in [5.74, 6) is -1.51. The first-order valence-electron chi connectivity index (χ1n) is 9.85. The molecule has 0 atom stereocenters. The van der Waals surface area contributed by atoms with Gasteiger partial charge in [-0.1, -0.05) is 12.1 Å². The minimum atomic E-state index is -0.759. The van der Waals surface area contributed by atoms with Gasteiger partial charge in [0.05, 0.1) is 24.1 Å². The Hall–Kier alpha value is -3.46. The van der Waals surface area contributed by atoms with Gasteiger partial charge >= 0.3 is 0 Å². The molecule has 0 aliphatic carbocycles. The fourth-order valence-electron chi connectivity index (χ4n) is 3.26. The summed E-state index contributed by atoms with van der Waals surface area (Å²) in [6.45, 7) is 1.85. The molecular formula is C22H20F2N4O3. The monoisotopic (exact) mass is 426 g/mol. The van der Waals surface area contributed by atoms with E-state index in [9.17, 15) is 13.6 Å². The molecule has 1 aromatic carbocycles. The second-order valence-electron chi connectivity index (χ2n) is 7.07. The third-order valence-electron chi connectivity index (χ3n) is 4.92. The van der Waals surface area contributed by atoms with Crippen LogP contribution in [0.15, 0.2) is 48.9 Å². The molecule has 0 saturated carbocycles. The van der Waals surface area contributed by atoms with Crippen molar-refractivity contribution in [3.63, 3.8) is 0 Å². The molecule has 7 nitrogen and oxygen atoms in total. The number of carbonyl (C=O) groups is 1. The second-order valence-corrected chi connectivity index (χ2v) is 7.07. The van der Waals surface area contributed by atoms with E-state index in [1.807, 2.05) is 0 Å². The van der Waals surface area contributed by atoms with E-state index in [1.54, 1.807) is 0 Å². The number of anilines is 1. The fraction of sp³-hybridized carbons (Fsp3) is 0.273. The molecule has 1 aliphatic heterocycles. The van der Waals surface area contributed by atoms with Crippen molar-refractivity contribution in [1.29, 1.82) is 0 Å². The van der Waals surface area contributed by atoms with Crippen molar-refractivity contribution in [2.24, 2.45) is 5.92 Å². The number of halogens is 2. The number of carbonyl (C=O) groups excluding carboxylic acids is 1. The average Bonchev–Trinajstić information content (AvgIpc) is 2.79. The standard InChI is InChI=1S/C22H20F2N4O3/c23-15-3-1-4-16(24)20(15)17-5-2-6-18(27-17)21(29)28-19-11-25-13-26-22(19)31-12-14-7-9-30-10-8-14/h1-6,11,13-14H,7-10,12H2,(H,28,29). The highest BCUT2D eigenvalue weighted by Gasteiger charge is 2.18. The molecule has 31 heavy (non-hydrogen) atoms. The number of nitrogens with zero attached hydrogens (tertiary/aromatic N) is 3. The van der Waals surface area contributed by atoms with Crippen LogP contribution < -0.4 is 10.1 Å². The Kier molecular flexibility index (Phi) is 6.42. The Morgan fingerprint density at radius 3 is 2.65 bits per heavy atom. The van der Waals surface area contributed by atoms with Crippen molar-refractivity contribution in [2.45, 2.75) is 12.8 Å². The number of pyridine rings is 1. The maximum Gasteiger partial charge on any atom is 0.274 e. The van der Waals surface area contributed by atoms with E-state index in [-0.39, 0.29) is 28.5 Å². The lowest BCUT2D eigenvalue weighted by Gasteiger charge is -2.22. The van der Waals surface area contributed by atoms with Crippen LogP contribution in [-0.2, 0) is 4.74 Å². The lowest BCUT2D eigenvalue weighted by atomic mass is 10.0. The van der Waals surface area contributed by atoms with Crippen molar-refractivity contribution >= 4 is 11.6 Å². The van der Waals surface area contributed by atoms with Gasteiger partial charge in [-0.05, 0) is 43.0 Å². The molecular weight excluding hydrogens is 406 g/mol. The van der Waals surface area contributed by atoms with Crippen LogP contribution in [0.4, 0.5) is 14.5 Å². The van der Waals surface area contributed by atoms with Crippen LogP contribution in [0.3, 0.4) is 0 Å². The van der Waals surface area contributed by atoms with E-state index in [2.05, 4.69) is 20.3 Å². The average molecular weight is 426 g/mol. The van der Waals surface area contributed by atoms with E-state index >= 15 is 0 Å². The highest BCUT2D eigenvalue weighted by molar-refractivity contribution is 6.03. The first-order chi connectivity index (χ1) is 15.1. The SMILES string of the molecule is O=C(Nc1cncnc1OCC1CCOCC1)c1cccc(-c2c(F)cccc2F)n1. The number of hydrogen-bond donors (Lipinski definition) is 1. The molecule has 160 valence electrons. The quantitative estimate of drug-likeness (QED) is 0.644. The van der Waals surface area contributed by atoms with Gasteiger partial charge in [0.15, 0.2) is 0 Å². The van der Waals surface area contributed by atoms with Crippen molar-refractivity contribution in [3.8, 4) is 17.1 Å². The fourth-order valence-corrected chi connectivity index (χ4v) is 3.26. The first kappa shape index (κ1) is 20.8. The third-order valence-corrected chi connectivity index (χ3v) is 4.92. The normalized spacial score (nSPS) is 14.3. The van der Waals surface area contributed by atoms with E-state index in [4.69, 9.17) is 9.47 Å². The van der Waals surface area contributed by atoms with Gasteiger partial charge < -0.3 is 14.8 Å². The number of benzene rings is 1. The Balaban J connectivity index is 1.50. The zero-order chi connectivity index (χ0) is 21.6. The molecule has 4 rings (SSSR count). The Morgan fingerprint density at radius 2 is 1.87 bits per heavy atom. The van der Waals surface area contributed by atoms with Gasteiger partial charge in [0.2, 0.25) is 5.88 Å². The molecule has 1 amide bonds. The van der Waals surface area contributed by atoms with Gasteiger partial charge in [0.25, 0.3) is 5.91 Å². The minimum Gasteiger partial charge on any atom is -0.476 e. The predicted molar refractivity (Wildman–Crippen MR) is 109 cm³/mol. The number of rotatable bonds is 6. The van der Waals surface area contributed by atoms with Gasteiger partial charge in [-0.3, -0.25) is 4.79 Å². The van der Waals surface area contributed by atoms with Crippen LogP contribution in [-0.4, -0.2) is 40.7 Å². The minimum absolute atomic E-state index is 0.0145. The Labute approximate surface area is 177 Å². The molecule has 0 radical (unpaired) electrons. The van der Waals surface area contributed by atoms with Gasteiger partial charge in [0, 0.05) is 13.2 Å². The number of ether oxygens (including phenoxy) is 2. The molecule has 3 heterocycles. The summed E-state index contributed by atoms with van der Waals surface area (Å²) in [5, 5.41) is 2.66. The van der Waals surface area contributed by atoms with Crippen LogP contribution in [0.25, 0.3) is 11.3 Å². The summed E-state index contributed by atoms with van der Waals surface area (Å²) in [6.07, 6.45) is 4.55. The summed E-state index contributed by atoms with van der Waals surface area (Å²) in [6, 6.07) is 7.93. The molecule has 2 aromatic heterocycles. The second kappa shape index (κ2) is 9.57. The van der Waals surface area contributed by atoms with Crippen LogP contribution in [0.5, 0.6) is 5.88 Å². The summed E-state index contributed by atoms with van der Waals surface area (Å²) >= 11 is 0. The number of nitrogens with one attached hydrogen (secondary N) is 1. The van der Waals surface area contributed by atoms with E-state index in [0.29, 0.717) is 25.7 Å². The van der Waals surface area contributed by atoms with Crippen molar-refractivity contribution in [2.75, 3.05) is 25.1 Å². The lowest BCUT2D eigenvalue weighted by Crippen LogP contribution is -2.22. The molecule has 1 fully saturated rings. The maximum absolute atomic E-state index is 14.1. The highest BCUT2D eigenvalue weighted by Crippen LogP contribution is 2.26. The largest absolute Gasteiger partial charge is 0.476 e. The smallest absolute Gasteiger partial charge is 0.274 e. The van der Waals surface area contributed by atoms with Crippen LogP contribution in [0, 0.1) is 17.6 Å². The van der Waals surface area contributed by atoms with Crippen molar-refractivity contribution in [1.82, 2.24) is 15.0 Å². The van der Waals surface area contributed by atoms with Crippen LogP contribution in [0.1, 0.15) is 23.3 Å². The van der Waals surface area contributed by atoms with Crippen LogP contribution >= 0.6 is 0 Å². The third kappa shape index (κ3) is 5.00.